The average molecular weight is 319 g/mol. The number of methoxy groups -OCH3 is 1. The number of anilines is 1. The number of hydrogen-bond donors (Lipinski definition) is 1. The van der Waals surface area contributed by atoms with Crippen molar-refractivity contribution >= 4 is 11.7 Å². The maximum atomic E-state index is 12.4. The minimum atomic E-state index is -0.0247. The Bertz CT molecular complexity index is 556. The van der Waals surface area contributed by atoms with Crippen molar-refractivity contribution in [1.29, 1.82) is 0 Å². The molecule has 0 bridgehead atoms. The van der Waals surface area contributed by atoms with Gasteiger partial charge in [-0.3, -0.25) is 4.90 Å². The molecule has 1 N–H and O–H groups in total. The second-order valence-corrected chi connectivity index (χ2v) is 6.21. The topological polar surface area (TPSA) is 54.0 Å². The van der Waals surface area contributed by atoms with Crippen LogP contribution in [0.25, 0.3) is 0 Å². The maximum absolute atomic E-state index is 12.4. The molecule has 23 heavy (non-hydrogen) atoms. The third kappa shape index (κ3) is 3.95. The summed E-state index contributed by atoms with van der Waals surface area (Å²) in [6, 6.07) is 5.84. The molecule has 6 heteroatoms. The lowest BCUT2D eigenvalue weighted by Crippen LogP contribution is -2.50. The standard InChI is InChI=1S/C17H25N3O3/c1-13-11-14-12-15(3-4-16(14)23-13)18-17(21)20-7-5-19(6-8-20)9-10-22-2/h3-4,12-13H,5-11H2,1-2H3,(H,18,21)/t13-/m1/s1. The van der Waals surface area contributed by atoms with Gasteiger partial charge >= 0.3 is 6.03 Å². The number of ether oxygens (including phenoxy) is 2. The number of amides is 2. The molecular formula is C17H25N3O3. The molecular weight excluding hydrogens is 294 g/mol. The molecule has 2 aliphatic rings. The van der Waals surface area contributed by atoms with Crippen LogP contribution < -0.4 is 10.1 Å². The third-order valence-electron chi connectivity index (χ3n) is 4.42. The highest BCUT2D eigenvalue weighted by molar-refractivity contribution is 5.89. The molecule has 0 saturated carbocycles. The van der Waals surface area contributed by atoms with E-state index in [0.717, 1.165) is 57.2 Å². The van der Waals surface area contributed by atoms with Crippen molar-refractivity contribution in [2.75, 3.05) is 51.8 Å². The van der Waals surface area contributed by atoms with E-state index in [0.29, 0.717) is 0 Å². The van der Waals surface area contributed by atoms with E-state index in [4.69, 9.17) is 9.47 Å². The number of fused-ring (bicyclic) bond motifs is 1. The second-order valence-electron chi connectivity index (χ2n) is 6.21. The fraction of sp³-hybridized carbons (Fsp3) is 0.588. The molecule has 0 aliphatic carbocycles. The number of urea groups is 1. The smallest absolute Gasteiger partial charge is 0.321 e. The highest BCUT2D eigenvalue weighted by atomic mass is 16.5. The average Bonchev–Trinajstić information content (AvgIpc) is 2.92. The molecule has 1 saturated heterocycles. The summed E-state index contributed by atoms with van der Waals surface area (Å²) in [5.74, 6) is 0.933. The predicted octanol–water partition coefficient (Wildman–Crippen LogP) is 1.81. The van der Waals surface area contributed by atoms with E-state index >= 15 is 0 Å². The monoisotopic (exact) mass is 319 g/mol. The molecule has 1 aromatic rings. The predicted molar refractivity (Wildman–Crippen MR) is 89.1 cm³/mol. The number of nitrogens with zero attached hydrogens (tertiary/aromatic N) is 2. The fourth-order valence-corrected chi connectivity index (χ4v) is 3.10. The Hall–Kier alpha value is -1.79. The van der Waals surface area contributed by atoms with E-state index in [2.05, 4.69) is 17.1 Å². The lowest BCUT2D eigenvalue weighted by atomic mass is 10.1. The van der Waals surface area contributed by atoms with Gasteiger partial charge in [-0.15, -0.1) is 0 Å². The van der Waals surface area contributed by atoms with E-state index in [1.165, 1.54) is 5.56 Å². The quantitative estimate of drug-likeness (QED) is 0.919. The zero-order valence-corrected chi connectivity index (χ0v) is 13.9. The summed E-state index contributed by atoms with van der Waals surface area (Å²) in [5, 5.41) is 3.00. The van der Waals surface area contributed by atoms with Gasteiger partial charge in [0.05, 0.1) is 6.61 Å². The van der Waals surface area contributed by atoms with Gasteiger partial charge in [0.25, 0.3) is 0 Å². The zero-order chi connectivity index (χ0) is 16.2. The van der Waals surface area contributed by atoms with E-state index in [1.54, 1.807) is 7.11 Å². The molecule has 0 unspecified atom stereocenters. The molecule has 1 atom stereocenters. The van der Waals surface area contributed by atoms with Gasteiger partial charge in [0.2, 0.25) is 0 Å². The van der Waals surface area contributed by atoms with Crippen molar-refractivity contribution in [2.24, 2.45) is 0 Å². The Labute approximate surface area is 137 Å². The summed E-state index contributed by atoms with van der Waals surface area (Å²) < 4.78 is 10.8. The number of hydrogen-bond acceptors (Lipinski definition) is 4. The molecule has 3 rings (SSSR count). The van der Waals surface area contributed by atoms with Crippen molar-refractivity contribution in [3.05, 3.63) is 23.8 Å². The van der Waals surface area contributed by atoms with Gasteiger partial charge in [-0.1, -0.05) is 0 Å². The first kappa shape index (κ1) is 16.1. The minimum Gasteiger partial charge on any atom is -0.490 e. The highest BCUT2D eigenvalue weighted by Gasteiger charge is 2.22. The summed E-state index contributed by atoms with van der Waals surface area (Å²) >= 11 is 0. The van der Waals surface area contributed by atoms with Gasteiger partial charge in [-0.25, -0.2) is 4.79 Å². The SMILES string of the molecule is COCCN1CCN(C(=O)Nc2ccc3c(c2)C[C@@H](C)O3)CC1. The number of rotatable bonds is 4. The van der Waals surface area contributed by atoms with E-state index in [9.17, 15) is 4.79 Å². The van der Waals surface area contributed by atoms with Gasteiger partial charge in [-0.05, 0) is 30.7 Å². The van der Waals surface area contributed by atoms with Crippen molar-refractivity contribution in [1.82, 2.24) is 9.80 Å². The fourth-order valence-electron chi connectivity index (χ4n) is 3.10. The number of piperazine rings is 1. The third-order valence-corrected chi connectivity index (χ3v) is 4.42. The Kier molecular flexibility index (Phi) is 5.03. The van der Waals surface area contributed by atoms with Crippen LogP contribution in [0.4, 0.5) is 10.5 Å². The molecule has 2 heterocycles. The van der Waals surface area contributed by atoms with Crippen LogP contribution in [0.5, 0.6) is 5.75 Å². The van der Waals surface area contributed by atoms with Gasteiger partial charge < -0.3 is 19.7 Å². The highest BCUT2D eigenvalue weighted by Crippen LogP contribution is 2.31. The summed E-state index contributed by atoms with van der Waals surface area (Å²) in [4.78, 5) is 16.6. The zero-order valence-electron chi connectivity index (χ0n) is 13.9. The first-order valence-corrected chi connectivity index (χ1v) is 8.22. The number of carbonyl (C=O) groups excluding carboxylic acids is 1. The van der Waals surface area contributed by atoms with E-state index < -0.39 is 0 Å². The van der Waals surface area contributed by atoms with Crippen LogP contribution in [0.1, 0.15) is 12.5 Å². The first-order chi connectivity index (χ1) is 11.2. The van der Waals surface area contributed by atoms with Crippen LogP contribution >= 0.6 is 0 Å². The molecule has 6 nitrogen and oxygen atoms in total. The Balaban J connectivity index is 1.51. The summed E-state index contributed by atoms with van der Waals surface area (Å²) in [6.45, 7) is 7.01. The van der Waals surface area contributed by atoms with Crippen molar-refractivity contribution in [3.63, 3.8) is 0 Å². The summed E-state index contributed by atoms with van der Waals surface area (Å²) in [5.41, 5.74) is 2.01. The van der Waals surface area contributed by atoms with Crippen LogP contribution in [-0.2, 0) is 11.2 Å². The van der Waals surface area contributed by atoms with Crippen molar-refractivity contribution in [2.45, 2.75) is 19.4 Å². The van der Waals surface area contributed by atoms with Gasteiger partial charge in [0, 0.05) is 51.9 Å². The lowest BCUT2D eigenvalue weighted by Gasteiger charge is -2.34. The van der Waals surface area contributed by atoms with Crippen LogP contribution in [0, 0.1) is 0 Å². The number of carbonyl (C=O) groups is 1. The van der Waals surface area contributed by atoms with Crippen LogP contribution in [0.2, 0.25) is 0 Å². The normalized spacial score (nSPS) is 21.0. The Morgan fingerprint density at radius 1 is 1.35 bits per heavy atom. The van der Waals surface area contributed by atoms with E-state index in [1.807, 2.05) is 23.1 Å². The summed E-state index contributed by atoms with van der Waals surface area (Å²) in [7, 11) is 1.71. The lowest BCUT2D eigenvalue weighted by molar-refractivity contribution is 0.109. The van der Waals surface area contributed by atoms with E-state index in [-0.39, 0.29) is 12.1 Å². The minimum absolute atomic E-state index is 0.0247. The van der Waals surface area contributed by atoms with Gasteiger partial charge in [0.1, 0.15) is 11.9 Å². The second kappa shape index (κ2) is 7.19. The van der Waals surface area contributed by atoms with Gasteiger partial charge in [0.15, 0.2) is 0 Å². The molecule has 1 fully saturated rings. The van der Waals surface area contributed by atoms with Gasteiger partial charge in [-0.2, -0.15) is 0 Å². The Morgan fingerprint density at radius 3 is 2.87 bits per heavy atom. The molecule has 2 aliphatic heterocycles. The van der Waals surface area contributed by atoms with Crippen LogP contribution in [0.3, 0.4) is 0 Å². The largest absolute Gasteiger partial charge is 0.490 e. The molecule has 0 spiro atoms. The number of benzene rings is 1. The maximum Gasteiger partial charge on any atom is 0.321 e. The Morgan fingerprint density at radius 2 is 2.13 bits per heavy atom. The van der Waals surface area contributed by atoms with Crippen LogP contribution in [-0.4, -0.2) is 68.4 Å². The van der Waals surface area contributed by atoms with Crippen LogP contribution in [0.15, 0.2) is 18.2 Å². The molecule has 126 valence electrons. The van der Waals surface area contributed by atoms with Crippen molar-refractivity contribution < 1.29 is 14.3 Å². The van der Waals surface area contributed by atoms with Crippen molar-refractivity contribution in [3.8, 4) is 5.75 Å². The molecule has 1 aromatic carbocycles. The molecule has 2 amide bonds. The first-order valence-electron chi connectivity index (χ1n) is 8.22. The number of nitrogens with one attached hydrogen (secondary N) is 1. The molecule has 0 aromatic heterocycles. The summed E-state index contributed by atoms with van der Waals surface area (Å²) in [6.07, 6.45) is 1.12. The molecule has 0 radical (unpaired) electrons.